The number of amides is 1. The second-order valence-electron chi connectivity index (χ2n) is 3.86. The van der Waals surface area contributed by atoms with Gasteiger partial charge in [0.15, 0.2) is 0 Å². The molecule has 0 aliphatic heterocycles. The Balaban J connectivity index is 2.82. The van der Waals surface area contributed by atoms with Crippen molar-refractivity contribution in [3.63, 3.8) is 0 Å². The van der Waals surface area contributed by atoms with E-state index in [1.165, 1.54) is 0 Å². The van der Waals surface area contributed by atoms with Gasteiger partial charge in [0, 0.05) is 21.3 Å². The Morgan fingerprint density at radius 3 is 2.42 bits per heavy atom. The monoisotopic (exact) mass is 326 g/mol. The van der Waals surface area contributed by atoms with Gasteiger partial charge >= 0.3 is 0 Å². The smallest absolute Gasteiger partial charge is 0.254 e. The van der Waals surface area contributed by atoms with Crippen molar-refractivity contribution >= 4 is 27.5 Å². The Bertz CT molecular complexity index is 674. The summed E-state index contributed by atoms with van der Waals surface area (Å²) in [6.45, 7) is 0. The van der Waals surface area contributed by atoms with Gasteiger partial charge in [-0.3, -0.25) is 4.79 Å². The predicted molar refractivity (Wildman–Crippen MR) is 72.4 cm³/mol. The van der Waals surface area contributed by atoms with Gasteiger partial charge in [-0.15, -0.1) is 0 Å². The second-order valence-corrected chi connectivity index (χ2v) is 4.71. The minimum absolute atomic E-state index is 0.00769. The third-order valence-electron chi connectivity index (χ3n) is 2.65. The van der Waals surface area contributed by atoms with Gasteiger partial charge in [0.25, 0.3) is 5.91 Å². The number of anilines is 1. The van der Waals surface area contributed by atoms with Crippen molar-refractivity contribution in [2.24, 2.45) is 5.73 Å². The van der Waals surface area contributed by atoms with Gasteiger partial charge in [0.05, 0.1) is 0 Å². The van der Waals surface area contributed by atoms with E-state index in [2.05, 4.69) is 15.9 Å². The van der Waals surface area contributed by atoms with Crippen LogP contribution in [0.3, 0.4) is 0 Å². The zero-order valence-electron chi connectivity index (χ0n) is 9.58. The average Bonchev–Trinajstić information content (AvgIpc) is 2.30. The van der Waals surface area contributed by atoms with Crippen molar-refractivity contribution in [3.8, 4) is 11.1 Å². The number of benzene rings is 2. The molecular formula is C13H9BrF2N2O. The van der Waals surface area contributed by atoms with Crippen LogP contribution in [0.2, 0.25) is 0 Å². The topological polar surface area (TPSA) is 69.1 Å². The summed E-state index contributed by atoms with van der Waals surface area (Å²) in [6.07, 6.45) is 0. The summed E-state index contributed by atoms with van der Waals surface area (Å²) < 4.78 is 28.0. The van der Waals surface area contributed by atoms with Gasteiger partial charge in [0.2, 0.25) is 0 Å². The lowest BCUT2D eigenvalue weighted by Crippen LogP contribution is -2.16. The third kappa shape index (κ3) is 2.31. The van der Waals surface area contributed by atoms with Gasteiger partial charge < -0.3 is 11.5 Å². The molecule has 98 valence electrons. The van der Waals surface area contributed by atoms with Crippen molar-refractivity contribution in [3.05, 3.63) is 52.0 Å². The highest BCUT2D eigenvalue weighted by molar-refractivity contribution is 9.10. The van der Waals surface area contributed by atoms with Gasteiger partial charge in [-0.2, -0.15) is 0 Å². The molecule has 0 atom stereocenters. The number of nitrogens with two attached hydrogens (primary N) is 2. The Kier molecular flexibility index (Phi) is 3.53. The maximum Gasteiger partial charge on any atom is 0.254 e. The minimum Gasteiger partial charge on any atom is -0.398 e. The normalized spacial score (nSPS) is 10.5. The average molecular weight is 327 g/mol. The molecule has 0 saturated heterocycles. The Hall–Kier alpha value is -1.95. The van der Waals surface area contributed by atoms with E-state index in [1.54, 1.807) is 24.3 Å². The molecule has 0 aliphatic carbocycles. The number of carbonyl (C=O) groups excluding carboxylic acids is 1. The lowest BCUT2D eigenvalue weighted by Gasteiger charge is -2.12. The molecule has 19 heavy (non-hydrogen) atoms. The van der Waals surface area contributed by atoms with Crippen LogP contribution in [0, 0.1) is 11.6 Å². The van der Waals surface area contributed by atoms with Gasteiger partial charge in [-0.1, -0.05) is 18.2 Å². The van der Waals surface area contributed by atoms with E-state index in [0.717, 1.165) is 6.07 Å². The summed E-state index contributed by atoms with van der Waals surface area (Å²) in [7, 11) is 0. The molecule has 0 saturated carbocycles. The number of rotatable bonds is 2. The van der Waals surface area contributed by atoms with E-state index < -0.39 is 23.1 Å². The first-order valence-electron chi connectivity index (χ1n) is 5.25. The molecule has 0 radical (unpaired) electrons. The second kappa shape index (κ2) is 4.97. The van der Waals surface area contributed by atoms with E-state index in [1.807, 2.05) is 0 Å². The van der Waals surface area contributed by atoms with Crippen LogP contribution < -0.4 is 11.5 Å². The van der Waals surface area contributed by atoms with E-state index in [-0.39, 0.29) is 10.0 Å². The third-order valence-corrected chi connectivity index (χ3v) is 3.27. The van der Waals surface area contributed by atoms with Crippen molar-refractivity contribution in [1.82, 2.24) is 0 Å². The fraction of sp³-hybridized carbons (Fsp3) is 0. The molecule has 1 amide bonds. The number of carbonyl (C=O) groups is 1. The van der Waals surface area contributed by atoms with Crippen molar-refractivity contribution < 1.29 is 13.6 Å². The van der Waals surface area contributed by atoms with E-state index in [0.29, 0.717) is 11.3 Å². The Labute approximate surface area is 116 Å². The molecule has 6 heteroatoms. The molecule has 0 spiro atoms. The van der Waals surface area contributed by atoms with Crippen LogP contribution in [0.25, 0.3) is 11.1 Å². The van der Waals surface area contributed by atoms with Gasteiger partial charge in [0.1, 0.15) is 17.2 Å². The number of para-hydroxylation sites is 1. The molecule has 0 aromatic heterocycles. The summed E-state index contributed by atoms with van der Waals surface area (Å²) in [5.41, 5.74) is 10.6. The molecular weight excluding hydrogens is 318 g/mol. The van der Waals surface area contributed by atoms with Crippen LogP contribution in [0.5, 0.6) is 0 Å². The molecule has 2 aromatic rings. The molecule has 2 aromatic carbocycles. The molecule has 4 N–H and O–H groups in total. The predicted octanol–water partition coefficient (Wildman–Crippen LogP) is 3.08. The highest BCUT2D eigenvalue weighted by atomic mass is 79.9. The van der Waals surface area contributed by atoms with Crippen LogP contribution in [0.15, 0.2) is 34.8 Å². The fourth-order valence-corrected chi connectivity index (χ4v) is 2.38. The van der Waals surface area contributed by atoms with E-state index >= 15 is 0 Å². The number of nitrogen functional groups attached to an aromatic ring is 1. The summed E-state index contributed by atoms with van der Waals surface area (Å²) in [4.78, 5) is 11.1. The zero-order valence-corrected chi connectivity index (χ0v) is 11.2. The lowest BCUT2D eigenvalue weighted by atomic mass is 10.00. The summed E-state index contributed by atoms with van der Waals surface area (Å²) in [6, 6.07) is 7.48. The Morgan fingerprint density at radius 2 is 1.84 bits per heavy atom. The molecule has 3 nitrogen and oxygen atoms in total. The summed E-state index contributed by atoms with van der Waals surface area (Å²) in [5, 5.41) is 0. The van der Waals surface area contributed by atoms with Crippen molar-refractivity contribution in [2.75, 3.05) is 5.73 Å². The first kappa shape index (κ1) is 13.5. The maximum atomic E-state index is 14.3. The molecule has 0 bridgehead atoms. The quantitative estimate of drug-likeness (QED) is 0.832. The first-order chi connectivity index (χ1) is 8.93. The first-order valence-corrected chi connectivity index (χ1v) is 6.05. The fourth-order valence-electron chi connectivity index (χ4n) is 1.79. The minimum atomic E-state index is -1.17. The Morgan fingerprint density at radius 1 is 1.21 bits per heavy atom. The van der Waals surface area contributed by atoms with Crippen molar-refractivity contribution in [2.45, 2.75) is 0 Å². The van der Waals surface area contributed by atoms with Crippen LogP contribution in [-0.4, -0.2) is 5.91 Å². The van der Waals surface area contributed by atoms with E-state index in [9.17, 15) is 13.6 Å². The number of hydrogen-bond acceptors (Lipinski definition) is 2. The number of hydrogen-bond donors (Lipinski definition) is 2. The highest BCUT2D eigenvalue weighted by Gasteiger charge is 2.23. The van der Waals surface area contributed by atoms with Crippen molar-refractivity contribution in [1.29, 1.82) is 0 Å². The molecule has 0 unspecified atom stereocenters. The molecule has 0 fully saturated rings. The lowest BCUT2D eigenvalue weighted by molar-refractivity contribution is 0.0992. The molecule has 2 rings (SSSR count). The van der Waals surface area contributed by atoms with Crippen LogP contribution in [-0.2, 0) is 0 Å². The number of halogens is 3. The largest absolute Gasteiger partial charge is 0.398 e. The number of primary amides is 1. The summed E-state index contributed by atoms with van der Waals surface area (Å²) in [5.74, 6) is -3.22. The highest BCUT2D eigenvalue weighted by Crippen LogP contribution is 2.36. The maximum absolute atomic E-state index is 14.3. The zero-order chi connectivity index (χ0) is 14.2. The standard InChI is InChI=1S/C13H9BrF2N2O/c14-7-5-8(15)11(13(18)19)12(16)10(7)6-3-1-2-4-9(6)17/h1-5H,17H2,(H2,18,19). The SMILES string of the molecule is NC(=O)c1c(F)cc(Br)c(-c2ccccc2N)c1F. The van der Waals surface area contributed by atoms with Crippen LogP contribution >= 0.6 is 15.9 Å². The molecule has 0 aliphatic rings. The van der Waals surface area contributed by atoms with Gasteiger partial charge in [-0.05, 0) is 28.1 Å². The molecule has 0 heterocycles. The van der Waals surface area contributed by atoms with Crippen LogP contribution in [0.4, 0.5) is 14.5 Å². The summed E-state index contributed by atoms with van der Waals surface area (Å²) >= 11 is 3.06. The van der Waals surface area contributed by atoms with E-state index in [4.69, 9.17) is 11.5 Å². The van der Waals surface area contributed by atoms with Crippen LogP contribution in [0.1, 0.15) is 10.4 Å². The van der Waals surface area contributed by atoms with Gasteiger partial charge in [-0.25, -0.2) is 8.78 Å².